The van der Waals surface area contributed by atoms with E-state index in [-0.39, 0.29) is 24.0 Å². The molecule has 0 unspecified atom stereocenters. The van der Waals surface area contributed by atoms with Crippen molar-refractivity contribution in [2.45, 2.75) is 40.0 Å². The number of nitrogens with one attached hydrogen (secondary N) is 1. The van der Waals surface area contributed by atoms with Gasteiger partial charge in [-0.3, -0.25) is 4.99 Å². The van der Waals surface area contributed by atoms with Crippen molar-refractivity contribution < 1.29 is 9.47 Å². The van der Waals surface area contributed by atoms with Gasteiger partial charge in [0.05, 0.1) is 18.9 Å². The molecule has 0 amide bonds. The largest absolute Gasteiger partial charge is 0.494 e. The maximum atomic E-state index is 6.09. The van der Waals surface area contributed by atoms with Crippen molar-refractivity contribution in [2.24, 2.45) is 16.6 Å². The molecule has 0 radical (unpaired) electrons. The van der Waals surface area contributed by atoms with E-state index in [9.17, 15) is 0 Å². The Morgan fingerprint density at radius 2 is 1.89 bits per heavy atom. The van der Waals surface area contributed by atoms with Gasteiger partial charge in [0.1, 0.15) is 11.5 Å². The molecule has 1 aliphatic heterocycles. The SMILES string of the molecule is CCOc1ccc(OCC)c(NC(N)=NCCC2CCN(CC)CC2)c1.I. The van der Waals surface area contributed by atoms with E-state index in [1.807, 2.05) is 32.0 Å². The van der Waals surface area contributed by atoms with E-state index in [0.29, 0.717) is 19.2 Å². The summed E-state index contributed by atoms with van der Waals surface area (Å²) in [4.78, 5) is 7.01. The number of guanidine groups is 1. The molecule has 0 aromatic heterocycles. The summed E-state index contributed by atoms with van der Waals surface area (Å²) in [7, 11) is 0. The lowest BCUT2D eigenvalue weighted by Gasteiger charge is -2.30. The molecule has 6 nitrogen and oxygen atoms in total. The van der Waals surface area contributed by atoms with Gasteiger partial charge in [0.25, 0.3) is 0 Å². The lowest BCUT2D eigenvalue weighted by atomic mass is 9.94. The number of halogens is 1. The van der Waals surface area contributed by atoms with Gasteiger partial charge in [0.2, 0.25) is 0 Å². The van der Waals surface area contributed by atoms with Crippen LogP contribution in [-0.4, -0.2) is 50.3 Å². The highest BCUT2D eigenvalue weighted by Crippen LogP contribution is 2.29. The molecule has 3 N–H and O–H groups in total. The minimum Gasteiger partial charge on any atom is -0.494 e. The highest BCUT2D eigenvalue weighted by Gasteiger charge is 2.17. The molecule has 2 rings (SSSR count). The van der Waals surface area contributed by atoms with Gasteiger partial charge in [-0.15, -0.1) is 24.0 Å². The Labute approximate surface area is 180 Å². The molecule has 154 valence electrons. The summed E-state index contributed by atoms with van der Waals surface area (Å²) in [6, 6.07) is 5.69. The molecule has 1 fully saturated rings. The lowest BCUT2D eigenvalue weighted by molar-refractivity contribution is 0.188. The maximum absolute atomic E-state index is 6.09. The number of benzene rings is 1. The van der Waals surface area contributed by atoms with Gasteiger partial charge in [0, 0.05) is 12.6 Å². The number of anilines is 1. The molecule has 0 aliphatic carbocycles. The number of hydrogen-bond acceptors (Lipinski definition) is 4. The highest BCUT2D eigenvalue weighted by atomic mass is 127. The van der Waals surface area contributed by atoms with Crippen molar-refractivity contribution in [1.82, 2.24) is 4.90 Å². The minimum atomic E-state index is 0. The second kappa shape index (κ2) is 13.0. The molecule has 1 aliphatic rings. The first-order chi connectivity index (χ1) is 12.7. The summed E-state index contributed by atoms with van der Waals surface area (Å²) < 4.78 is 11.2. The number of hydrogen-bond donors (Lipinski definition) is 2. The summed E-state index contributed by atoms with van der Waals surface area (Å²) in [5.74, 6) is 2.72. The Bertz CT molecular complexity index is 575. The molecule has 1 heterocycles. The fraction of sp³-hybridized carbons (Fsp3) is 0.650. The zero-order valence-corrected chi connectivity index (χ0v) is 19.2. The van der Waals surface area contributed by atoms with Gasteiger partial charge < -0.3 is 25.4 Å². The Morgan fingerprint density at radius 3 is 2.52 bits per heavy atom. The van der Waals surface area contributed by atoms with Crippen LogP contribution in [0.25, 0.3) is 0 Å². The highest BCUT2D eigenvalue weighted by molar-refractivity contribution is 14.0. The average molecular weight is 490 g/mol. The van der Waals surface area contributed by atoms with E-state index in [1.54, 1.807) is 0 Å². The van der Waals surface area contributed by atoms with Crippen LogP contribution < -0.4 is 20.5 Å². The number of nitrogens with two attached hydrogens (primary N) is 1. The summed E-state index contributed by atoms with van der Waals surface area (Å²) >= 11 is 0. The van der Waals surface area contributed by atoms with Crippen molar-refractivity contribution in [2.75, 3.05) is 44.7 Å². The quantitative estimate of drug-likeness (QED) is 0.312. The Hall–Kier alpha value is -1.22. The van der Waals surface area contributed by atoms with E-state index in [1.165, 1.54) is 25.9 Å². The first-order valence-corrected chi connectivity index (χ1v) is 9.85. The first-order valence-electron chi connectivity index (χ1n) is 9.85. The zero-order valence-electron chi connectivity index (χ0n) is 16.9. The Balaban J connectivity index is 0.00000364. The molecule has 1 saturated heterocycles. The van der Waals surface area contributed by atoms with Crippen LogP contribution in [0.5, 0.6) is 11.5 Å². The van der Waals surface area contributed by atoms with Crippen LogP contribution in [0.3, 0.4) is 0 Å². The van der Waals surface area contributed by atoms with Crippen LogP contribution >= 0.6 is 24.0 Å². The zero-order chi connectivity index (χ0) is 18.8. The predicted molar refractivity (Wildman–Crippen MR) is 124 cm³/mol. The summed E-state index contributed by atoms with van der Waals surface area (Å²) in [6.45, 7) is 11.7. The Kier molecular flexibility index (Phi) is 11.5. The van der Waals surface area contributed by atoms with E-state index in [4.69, 9.17) is 15.2 Å². The second-order valence-electron chi connectivity index (χ2n) is 6.58. The van der Waals surface area contributed by atoms with Gasteiger partial charge in [-0.2, -0.15) is 0 Å². The second-order valence-corrected chi connectivity index (χ2v) is 6.58. The molecule has 7 heteroatoms. The summed E-state index contributed by atoms with van der Waals surface area (Å²) in [6.07, 6.45) is 3.63. The van der Waals surface area contributed by atoms with Gasteiger partial charge in [-0.05, 0) is 70.8 Å². The van der Waals surface area contributed by atoms with Gasteiger partial charge in [-0.1, -0.05) is 6.92 Å². The number of aliphatic imine (C=N–C) groups is 1. The van der Waals surface area contributed by atoms with Crippen LogP contribution in [-0.2, 0) is 0 Å². The minimum absolute atomic E-state index is 0. The van der Waals surface area contributed by atoms with Crippen molar-refractivity contribution in [3.05, 3.63) is 18.2 Å². The third-order valence-electron chi connectivity index (χ3n) is 4.80. The topological polar surface area (TPSA) is 72.1 Å². The molecular weight excluding hydrogens is 455 g/mol. The molecule has 0 atom stereocenters. The van der Waals surface area contributed by atoms with E-state index >= 15 is 0 Å². The van der Waals surface area contributed by atoms with Gasteiger partial charge >= 0.3 is 0 Å². The van der Waals surface area contributed by atoms with Crippen LogP contribution in [0, 0.1) is 5.92 Å². The van der Waals surface area contributed by atoms with Gasteiger partial charge in [-0.25, -0.2) is 0 Å². The number of nitrogens with zero attached hydrogens (tertiary/aromatic N) is 2. The number of rotatable bonds is 9. The van der Waals surface area contributed by atoms with Crippen LogP contribution in [0.15, 0.2) is 23.2 Å². The van der Waals surface area contributed by atoms with E-state index in [2.05, 4.69) is 22.1 Å². The third kappa shape index (κ3) is 8.13. The molecule has 1 aromatic carbocycles. The number of ether oxygens (including phenoxy) is 2. The summed E-state index contributed by atoms with van der Waals surface area (Å²) in [5.41, 5.74) is 6.88. The van der Waals surface area contributed by atoms with Crippen molar-refractivity contribution in [3.63, 3.8) is 0 Å². The first kappa shape index (κ1) is 23.8. The molecule has 27 heavy (non-hydrogen) atoms. The fourth-order valence-electron chi connectivity index (χ4n) is 3.28. The van der Waals surface area contributed by atoms with Crippen molar-refractivity contribution in [3.8, 4) is 11.5 Å². The molecular formula is C20H35IN4O2. The maximum Gasteiger partial charge on any atom is 0.193 e. The number of likely N-dealkylation sites (tertiary alicyclic amines) is 1. The summed E-state index contributed by atoms with van der Waals surface area (Å²) in [5, 5.41) is 3.16. The molecule has 0 saturated carbocycles. The average Bonchev–Trinajstić information content (AvgIpc) is 2.65. The van der Waals surface area contributed by atoms with E-state index in [0.717, 1.165) is 42.6 Å². The van der Waals surface area contributed by atoms with Crippen molar-refractivity contribution >= 4 is 35.6 Å². The van der Waals surface area contributed by atoms with Crippen molar-refractivity contribution in [1.29, 1.82) is 0 Å². The predicted octanol–water partition coefficient (Wildman–Crippen LogP) is 3.95. The van der Waals surface area contributed by atoms with Crippen LogP contribution in [0.1, 0.15) is 40.0 Å². The molecule has 0 spiro atoms. The third-order valence-corrected chi connectivity index (χ3v) is 4.80. The Morgan fingerprint density at radius 1 is 1.19 bits per heavy atom. The lowest BCUT2D eigenvalue weighted by Crippen LogP contribution is -2.33. The molecule has 0 bridgehead atoms. The fourth-order valence-corrected chi connectivity index (χ4v) is 3.28. The van der Waals surface area contributed by atoms with E-state index < -0.39 is 0 Å². The van der Waals surface area contributed by atoms with Crippen LogP contribution in [0.2, 0.25) is 0 Å². The van der Waals surface area contributed by atoms with Crippen LogP contribution in [0.4, 0.5) is 5.69 Å². The monoisotopic (exact) mass is 490 g/mol. The standard InChI is InChI=1S/C20H34N4O2.HI/c1-4-24-13-10-16(11-14-24)9-12-22-20(21)23-18-15-17(25-5-2)7-8-19(18)26-6-3;/h7-8,15-16H,4-6,9-14H2,1-3H3,(H3,21,22,23);1H. The smallest absolute Gasteiger partial charge is 0.193 e. The normalized spacial score (nSPS) is 15.9. The number of piperidine rings is 1. The molecule has 1 aromatic rings. The van der Waals surface area contributed by atoms with Gasteiger partial charge in [0.15, 0.2) is 5.96 Å².